The summed E-state index contributed by atoms with van der Waals surface area (Å²) in [5.74, 6) is -0.692. The number of anilines is 1. The lowest BCUT2D eigenvalue weighted by Gasteiger charge is -2.14. The number of ether oxygens (including phenoxy) is 2. The van der Waals surface area contributed by atoms with Crippen LogP contribution in [0.5, 0.6) is 5.75 Å². The molecule has 2 aromatic rings. The molecule has 2 aromatic carbocycles. The van der Waals surface area contributed by atoms with E-state index in [1.165, 1.54) is 0 Å². The molecule has 1 heterocycles. The molecule has 9 heteroatoms. The van der Waals surface area contributed by atoms with Gasteiger partial charge in [-0.3, -0.25) is 24.1 Å². The Morgan fingerprint density at radius 3 is 2.37 bits per heavy atom. The van der Waals surface area contributed by atoms with Gasteiger partial charge in [0.15, 0.2) is 6.61 Å². The van der Waals surface area contributed by atoms with Gasteiger partial charge < -0.3 is 14.8 Å². The van der Waals surface area contributed by atoms with Crippen molar-refractivity contribution in [2.24, 2.45) is 0 Å². The number of nitrogens with one attached hydrogen (secondary N) is 1. The number of carbonyl (C=O) groups is 4. The van der Waals surface area contributed by atoms with E-state index in [4.69, 9.17) is 9.47 Å². The lowest BCUT2D eigenvalue weighted by atomic mass is 10.0. The van der Waals surface area contributed by atoms with Crippen LogP contribution >= 0.6 is 11.8 Å². The number of para-hydroxylation sites is 1. The lowest BCUT2D eigenvalue weighted by molar-refractivity contribution is -0.149. The normalized spacial score (nSPS) is 14.7. The topological polar surface area (TPSA) is 102 Å². The Morgan fingerprint density at radius 2 is 1.71 bits per heavy atom. The van der Waals surface area contributed by atoms with E-state index in [-0.39, 0.29) is 29.4 Å². The second-order valence-corrected chi connectivity index (χ2v) is 9.45. The molecule has 0 aliphatic carbocycles. The van der Waals surface area contributed by atoms with E-state index >= 15 is 0 Å². The summed E-state index contributed by atoms with van der Waals surface area (Å²) >= 11 is 0.766. The van der Waals surface area contributed by atoms with Gasteiger partial charge in [-0.15, -0.1) is 0 Å². The monoisotopic (exact) mass is 496 g/mol. The predicted octanol–water partition coefficient (Wildman–Crippen LogP) is 4.82. The van der Waals surface area contributed by atoms with Gasteiger partial charge in [0, 0.05) is 5.69 Å². The highest BCUT2D eigenvalue weighted by Gasteiger charge is 2.36. The fourth-order valence-electron chi connectivity index (χ4n) is 3.33. The van der Waals surface area contributed by atoms with Crippen LogP contribution in [0.1, 0.15) is 44.7 Å². The molecular formula is C26H28N2O6S. The predicted molar refractivity (Wildman–Crippen MR) is 135 cm³/mol. The van der Waals surface area contributed by atoms with Crippen molar-refractivity contribution in [1.82, 2.24) is 4.90 Å². The zero-order chi connectivity index (χ0) is 25.5. The molecule has 1 aliphatic heterocycles. The first-order chi connectivity index (χ1) is 16.6. The van der Waals surface area contributed by atoms with Gasteiger partial charge in [0.2, 0.25) is 0 Å². The Morgan fingerprint density at radius 1 is 1.03 bits per heavy atom. The Kier molecular flexibility index (Phi) is 8.70. The summed E-state index contributed by atoms with van der Waals surface area (Å²) in [7, 11) is 0. The van der Waals surface area contributed by atoms with Crippen LogP contribution < -0.4 is 10.1 Å². The maximum atomic E-state index is 12.5. The third-order valence-electron chi connectivity index (χ3n) is 4.93. The highest BCUT2D eigenvalue weighted by Crippen LogP contribution is 2.32. The van der Waals surface area contributed by atoms with Crippen LogP contribution in [0.4, 0.5) is 10.5 Å². The van der Waals surface area contributed by atoms with Crippen molar-refractivity contribution in [3.63, 3.8) is 0 Å². The molecule has 0 bridgehead atoms. The van der Waals surface area contributed by atoms with Gasteiger partial charge >= 0.3 is 5.97 Å². The van der Waals surface area contributed by atoms with Gasteiger partial charge in [0.1, 0.15) is 12.3 Å². The summed E-state index contributed by atoms with van der Waals surface area (Å²) in [6.45, 7) is 6.93. The Labute approximate surface area is 208 Å². The summed E-state index contributed by atoms with van der Waals surface area (Å²) in [6.07, 6.45) is 1.23. The maximum absolute atomic E-state index is 12.5. The second kappa shape index (κ2) is 11.7. The number of hydrogen-bond acceptors (Lipinski definition) is 7. The number of esters is 1. The number of rotatable bonds is 9. The quantitative estimate of drug-likeness (QED) is 0.392. The van der Waals surface area contributed by atoms with Gasteiger partial charge in [-0.25, -0.2) is 0 Å². The van der Waals surface area contributed by atoms with Gasteiger partial charge in [0.25, 0.3) is 17.1 Å². The second-order valence-electron chi connectivity index (χ2n) is 8.45. The van der Waals surface area contributed by atoms with Gasteiger partial charge in [-0.2, -0.15) is 0 Å². The molecule has 1 saturated heterocycles. The molecule has 35 heavy (non-hydrogen) atoms. The Balaban J connectivity index is 1.56. The molecule has 1 fully saturated rings. The first kappa shape index (κ1) is 26.0. The number of nitrogens with zero attached hydrogens (tertiary/aromatic N) is 1. The van der Waals surface area contributed by atoms with Crippen LogP contribution in [0.15, 0.2) is 53.4 Å². The molecule has 8 nitrogen and oxygen atoms in total. The van der Waals surface area contributed by atoms with Crippen molar-refractivity contribution in [2.75, 3.05) is 18.5 Å². The smallest absolute Gasteiger partial charge is 0.326 e. The molecule has 0 spiro atoms. The number of amides is 3. The van der Waals surface area contributed by atoms with E-state index in [0.717, 1.165) is 27.9 Å². The van der Waals surface area contributed by atoms with Crippen LogP contribution in [-0.2, 0) is 19.1 Å². The van der Waals surface area contributed by atoms with Crippen molar-refractivity contribution in [3.8, 4) is 5.75 Å². The molecule has 0 aromatic heterocycles. The summed E-state index contributed by atoms with van der Waals surface area (Å²) in [5.41, 5.74) is 2.48. The maximum Gasteiger partial charge on any atom is 0.326 e. The number of thioether (sulfide) groups is 1. The van der Waals surface area contributed by atoms with Crippen LogP contribution in [0.3, 0.4) is 0 Å². The number of hydrogen-bond donors (Lipinski definition) is 1. The Bertz CT molecular complexity index is 1140. The van der Waals surface area contributed by atoms with Crippen LogP contribution in [0.25, 0.3) is 6.08 Å². The first-order valence-electron chi connectivity index (χ1n) is 11.2. The lowest BCUT2D eigenvalue weighted by Crippen LogP contribution is -2.35. The number of imide groups is 1. The average Bonchev–Trinajstić information content (AvgIpc) is 3.05. The zero-order valence-corrected chi connectivity index (χ0v) is 20.9. The first-order valence-corrected chi connectivity index (χ1v) is 12.0. The van der Waals surface area contributed by atoms with Crippen molar-refractivity contribution in [3.05, 3.63) is 64.6 Å². The van der Waals surface area contributed by atoms with Crippen LogP contribution in [0, 0.1) is 0 Å². The molecule has 0 saturated carbocycles. The minimum Gasteiger partial charge on any atom is -0.484 e. The van der Waals surface area contributed by atoms with E-state index in [1.54, 1.807) is 44.2 Å². The number of carbonyl (C=O) groups excluding carboxylic acids is 4. The minimum absolute atomic E-state index is 0.156. The van der Waals surface area contributed by atoms with Crippen molar-refractivity contribution in [2.45, 2.75) is 39.7 Å². The van der Waals surface area contributed by atoms with E-state index in [2.05, 4.69) is 19.2 Å². The van der Waals surface area contributed by atoms with Crippen LogP contribution in [0.2, 0.25) is 0 Å². The molecule has 0 atom stereocenters. The van der Waals surface area contributed by atoms with Crippen LogP contribution in [-0.4, -0.2) is 47.2 Å². The van der Waals surface area contributed by atoms with Crippen molar-refractivity contribution < 1.29 is 28.7 Å². The highest BCUT2D eigenvalue weighted by atomic mass is 32.2. The minimum atomic E-state index is -0.637. The number of benzene rings is 2. The third kappa shape index (κ3) is 7.19. The molecule has 0 radical (unpaired) electrons. The van der Waals surface area contributed by atoms with Gasteiger partial charge in [-0.1, -0.05) is 44.2 Å². The SMILES string of the molecule is CC(C)OC(=O)CN1C(=O)S/C(=C/c2ccc(OCC(=O)Nc3ccccc3C(C)C)cc2)C1=O. The molecule has 1 aliphatic rings. The van der Waals surface area contributed by atoms with E-state index < -0.39 is 23.7 Å². The average molecular weight is 497 g/mol. The fraction of sp³-hybridized carbons (Fsp3) is 0.308. The molecule has 184 valence electrons. The van der Waals surface area contributed by atoms with Gasteiger partial charge in [-0.05, 0) is 66.9 Å². The summed E-state index contributed by atoms with van der Waals surface area (Å²) in [4.78, 5) is 49.9. The summed E-state index contributed by atoms with van der Waals surface area (Å²) < 4.78 is 10.6. The molecule has 0 unspecified atom stereocenters. The summed E-state index contributed by atoms with van der Waals surface area (Å²) in [6, 6.07) is 14.4. The molecular weight excluding hydrogens is 468 g/mol. The third-order valence-corrected chi connectivity index (χ3v) is 5.84. The van der Waals surface area contributed by atoms with Gasteiger partial charge in [0.05, 0.1) is 11.0 Å². The largest absolute Gasteiger partial charge is 0.484 e. The van der Waals surface area contributed by atoms with E-state index in [1.807, 2.05) is 24.3 Å². The highest BCUT2D eigenvalue weighted by molar-refractivity contribution is 8.18. The Hall–Kier alpha value is -3.59. The standard InChI is InChI=1S/C26H28N2O6S/c1-16(2)20-7-5-6-8-21(20)27-23(29)15-33-19-11-9-18(10-12-19)13-22-25(31)28(26(32)35-22)14-24(30)34-17(3)4/h5-13,16-17H,14-15H2,1-4H3,(H,27,29)/b22-13+. The fourth-order valence-corrected chi connectivity index (χ4v) is 4.16. The van der Waals surface area contributed by atoms with E-state index in [9.17, 15) is 19.2 Å². The van der Waals surface area contributed by atoms with Crippen molar-refractivity contribution in [1.29, 1.82) is 0 Å². The molecule has 3 amide bonds. The van der Waals surface area contributed by atoms with E-state index in [0.29, 0.717) is 11.3 Å². The molecule has 3 rings (SSSR count). The zero-order valence-electron chi connectivity index (χ0n) is 20.1. The molecule has 1 N–H and O–H groups in total. The van der Waals surface area contributed by atoms with Crippen molar-refractivity contribution >= 4 is 46.5 Å². The summed E-state index contributed by atoms with van der Waals surface area (Å²) in [5, 5.41) is 2.35.